The maximum atomic E-state index is 9.92. The van der Waals surface area contributed by atoms with Crippen LogP contribution in [0.15, 0.2) is 54.3 Å². The lowest BCUT2D eigenvalue weighted by molar-refractivity contribution is -0.163. The molecular formula is C16H20N2O4. The van der Waals surface area contributed by atoms with E-state index in [0.29, 0.717) is 0 Å². The zero-order valence-corrected chi connectivity index (χ0v) is 12.4. The van der Waals surface area contributed by atoms with Crippen LogP contribution in [0.25, 0.3) is 0 Å². The molecule has 1 aliphatic carbocycles. The first-order valence-electron chi connectivity index (χ1n) is 6.78. The molecule has 0 bridgehead atoms. The molecule has 5 N–H and O–H groups in total. The normalized spacial score (nSPS) is 19.5. The number of esters is 1. The number of ether oxygens (including phenoxy) is 1. The highest BCUT2D eigenvalue weighted by atomic mass is 16.6. The quantitative estimate of drug-likeness (QED) is 0.560. The zero-order chi connectivity index (χ0) is 16.6. The minimum absolute atomic E-state index is 0.102. The Morgan fingerprint density at radius 2 is 1.95 bits per heavy atom. The summed E-state index contributed by atoms with van der Waals surface area (Å²) in [5, 5.41) is 7.84. The van der Waals surface area contributed by atoms with Gasteiger partial charge in [-0.15, -0.1) is 0 Å². The number of benzene rings is 1. The Hall–Kier alpha value is -2.60. The third-order valence-corrected chi connectivity index (χ3v) is 3.01. The molecule has 6 heteroatoms. The van der Waals surface area contributed by atoms with Crippen molar-refractivity contribution in [2.45, 2.75) is 18.9 Å². The van der Waals surface area contributed by atoms with Crippen molar-refractivity contribution in [3.63, 3.8) is 0 Å². The van der Waals surface area contributed by atoms with Crippen molar-refractivity contribution in [3.8, 4) is 0 Å². The fourth-order valence-corrected chi connectivity index (χ4v) is 1.82. The van der Waals surface area contributed by atoms with Crippen molar-refractivity contribution in [2.24, 2.45) is 11.5 Å². The molecule has 1 unspecified atom stereocenters. The van der Waals surface area contributed by atoms with Gasteiger partial charge in [-0.1, -0.05) is 42.5 Å². The number of carbonyl (C=O) groups excluding carboxylic acids is 1. The fourth-order valence-electron chi connectivity index (χ4n) is 1.82. The van der Waals surface area contributed by atoms with E-state index in [4.69, 9.17) is 16.6 Å². The molecule has 2 rings (SSSR count). The molecule has 0 amide bonds. The van der Waals surface area contributed by atoms with Gasteiger partial charge in [0.1, 0.15) is 0 Å². The Morgan fingerprint density at radius 1 is 1.32 bits per heavy atom. The van der Waals surface area contributed by atoms with Crippen molar-refractivity contribution in [3.05, 3.63) is 59.8 Å². The van der Waals surface area contributed by atoms with Crippen LogP contribution in [-0.4, -0.2) is 23.7 Å². The van der Waals surface area contributed by atoms with Gasteiger partial charge in [-0.25, -0.2) is 9.59 Å². The predicted octanol–water partition coefficient (Wildman–Crippen LogP) is 1.28. The van der Waals surface area contributed by atoms with Gasteiger partial charge in [0.15, 0.2) is 0 Å². The van der Waals surface area contributed by atoms with Gasteiger partial charge in [-0.3, -0.25) is 0 Å². The van der Waals surface area contributed by atoms with Crippen LogP contribution in [-0.2, 0) is 19.9 Å². The topological polar surface area (TPSA) is 116 Å². The SMILES string of the molecule is CCOC(=O)C(=O)O.NC1=CCC(N)(c2ccccc2)C=C1. The largest absolute Gasteiger partial charge is 0.473 e. The van der Waals surface area contributed by atoms with Crippen molar-refractivity contribution >= 4 is 11.9 Å². The number of aliphatic carboxylic acids is 1. The maximum Gasteiger partial charge on any atom is 0.417 e. The number of hydrogen-bond acceptors (Lipinski definition) is 5. The first-order valence-corrected chi connectivity index (χ1v) is 6.78. The molecule has 22 heavy (non-hydrogen) atoms. The maximum absolute atomic E-state index is 9.92. The molecular weight excluding hydrogens is 284 g/mol. The van der Waals surface area contributed by atoms with E-state index < -0.39 is 11.9 Å². The molecule has 1 aromatic rings. The van der Waals surface area contributed by atoms with Gasteiger partial charge in [0.2, 0.25) is 0 Å². The van der Waals surface area contributed by atoms with E-state index in [1.807, 2.05) is 48.6 Å². The number of carbonyl (C=O) groups is 2. The molecule has 0 saturated heterocycles. The number of hydrogen-bond donors (Lipinski definition) is 3. The first kappa shape index (κ1) is 17.5. The Balaban J connectivity index is 0.000000261. The highest BCUT2D eigenvalue weighted by Crippen LogP contribution is 2.27. The molecule has 0 spiro atoms. The summed E-state index contributed by atoms with van der Waals surface area (Å²) in [4.78, 5) is 19.5. The molecule has 1 atom stereocenters. The van der Waals surface area contributed by atoms with E-state index in [2.05, 4.69) is 4.74 Å². The Morgan fingerprint density at radius 3 is 2.36 bits per heavy atom. The van der Waals surface area contributed by atoms with Crippen LogP contribution in [0.3, 0.4) is 0 Å². The lowest BCUT2D eigenvalue weighted by Crippen LogP contribution is -2.35. The second-order valence-corrected chi connectivity index (χ2v) is 4.67. The molecule has 0 heterocycles. The number of allylic oxidation sites excluding steroid dienone is 1. The number of carboxylic acids is 1. The first-order chi connectivity index (χ1) is 10.4. The highest BCUT2D eigenvalue weighted by Gasteiger charge is 2.24. The number of nitrogens with two attached hydrogens (primary N) is 2. The third kappa shape index (κ3) is 5.06. The van der Waals surface area contributed by atoms with Crippen LogP contribution in [0.5, 0.6) is 0 Å². The van der Waals surface area contributed by atoms with Crippen LogP contribution in [0.1, 0.15) is 18.9 Å². The summed E-state index contributed by atoms with van der Waals surface area (Å²) in [7, 11) is 0. The van der Waals surface area contributed by atoms with Gasteiger partial charge in [-0.05, 0) is 25.0 Å². The predicted molar refractivity (Wildman–Crippen MR) is 82.6 cm³/mol. The van der Waals surface area contributed by atoms with Crippen molar-refractivity contribution in [1.29, 1.82) is 0 Å². The highest BCUT2D eigenvalue weighted by molar-refractivity contribution is 6.28. The smallest absolute Gasteiger partial charge is 0.417 e. The molecule has 0 saturated carbocycles. The number of carboxylic acid groups (broad SMARTS) is 1. The van der Waals surface area contributed by atoms with Crippen LogP contribution >= 0.6 is 0 Å². The standard InChI is InChI=1S/C12H14N2.C4H6O4/c13-11-6-8-12(14,9-7-11)10-4-2-1-3-5-10;1-2-8-4(7)3(5)6/h1-8H,9,13-14H2;2H2,1H3,(H,5,6). The van der Waals surface area contributed by atoms with Gasteiger partial charge in [0.05, 0.1) is 12.1 Å². The summed E-state index contributed by atoms with van der Waals surface area (Å²) in [6, 6.07) is 10.1. The average molecular weight is 304 g/mol. The Kier molecular flexibility index (Phi) is 6.34. The second kappa shape index (κ2) is 7.99. The van der Waals surface area contributed by atoms with E-state index >= 15 is 0 Å². The van der Waals surface area contributed by atoms with E-state index in [1.54, 1.807) is 6.92 Å². The number of rotatable bonds is 2. The van der Waals surface area contributed by atoms with Crippen molar-refractivity contribution in [2.75, 3.05) is 6.61 Å². The molecule has 1 aliphatic rings. The third-order valence-electron chi connectivity index (χ3n) is 3.01. The summed E-state index contributed by atoms with van der Waals surface area (Å²) >= 11 is 0. The summed E-state index contributed by atoms with van der Waals surface area (Å²) in [5.41, 5.74) is 13.4. The molecule has 0 aromatic heterocycles. The summed E-state index contributed by atoms with van der Waals surface area (Å²) in [6.45, 7) is 1.64. The zero-order valence-electron chi connectivity index (χ0n) is 12.4. The van der Waals surface area contributed by atoms with Crippen LogP contribution < -0.4 is 11.5 Å². The van der Waals surface area contributed by atoms with Crippen molar-refractivity contribution in [1.82, 2.24) is 0 Å². The minimum Gasteiger partial charge on any atom is -0.473 e. The van der Waals surface area contributed by atoms with E-state index in [0.717, 1.165) is 17.7 Å². The molecule has 1 aromatic carbocycles. The summed E-state index contributed by atoms with van der Waals surface area (Å²) < 4.78 is 4.06. The summed E-state index contributed by atoms with van der Waals surface area (Å²) in [5.74, 6) is -2.75. The van der Waals surface area contributed by atoms with Gasteiger partial charge in [-0.2, -0.15) is 0 Å². The molecule has 0 aliphatic heterocycles. The van der Waals surface area contributed by atoms with Crippen molar-refractivity contribution < 1.29 is 19.4 Å². The van der Waals surface area contributed by atoms with E-state index in [1.165, 1.54) is 0 Å². The average Bonchev–Trinajstić information content (AvgIpc) is 2.52. The molecule has 0 fully saturated rings. The van der Waals surface area contributed by atoms with Gasteiger partial charge >= 0.3 is 11.9 Å². The van der Waals surface area contributed by atoms with Crippen LogP contribution in [0.2, 0.25) is 0 Å². The van der Waals surface area contributed by atoms with Gasteiger partial charge in [0.25, 0.3) is 0 Å². The minimum atomic E-state index is -1.55. The van der Waals surface area contributed by atoms with Gasteiger partial charge < -0.3 is 21.3 Å². The molecule has 118 valence electrons. The monoisotopic (exact) mass is 304 g/mol. The lowest BCUT2D eigenvalue weighted by Gasteiger charge is -2.27. The second-order valence-electron chi connectivity index (χ2n) is 4.67. The molecule has 0 radical (unpaired) electrons. The summed E-state index contributed by atoms with van der Waals surface area (Å²) in [6.07, 6.45) is 6.57. The molecule has 6 nitrogen and oxygen atoms in total. The van der Waals surface area contributed by atoms with Gasteiger partial charge in [0, 0.05) is 5.70 Å². The Bertz CT molecular complexity index is 581. The fraction of sp³-hybridized carbons (Fsp3) is 0.250. The van der Waals surface area contributed by atoms with E-state index in [-0.39, 0.29) is 12.1 Å². The van der Waals surface area contributed by atoms with Crippen LogP contribution in [0.4, 0.5) is 0 Å². The lowest BCUT2D eigenvalue weighted by atomic mass is 9.84. The Labute approximate surface area is 129 Å². The van der Waals surface area contributed by atoms with Crippen LogP contribution in [0, 0.1) is 0 Å². The van der Waals surface area contributed by atoms with E-state index in [9.17, 15) is 9.59 Å².